The number of rotatable bonds is 4. The molecular weight excluding hydrogens is 260 g/mol. The van der Waals surface area contributed by atoms with Crippen LogP contribution >= 0.6 is 11.6 Å². The monoisotopic (exact) mass is 278 g/mol. The van der Waals surface area contributed by atoms with Crippen LogP contribution < -0.4 is 10.6 Å². The highest BCUT2D eigenvalue weighted by molar-refractivity contribution is 6.31. The third kappa shape index (κ3) is 3.58. The van der Waals surface area contributed by atoms with Crippen molar-refractivity contribution in [1.29, 1.82) is 0 Å². The minimum Gasteiger partial charge on any atom is -0.350 e. The van der Waals surface area contributed by atoms with Crippen molar-refractivity contribution in [3.8, 4) is 0 Å². The maximum absolute atomic E-state index is 12.0. The Morgan fingerprint density at radius 3 is 2.68 bits per heavy atom. The molecule has 0 aliphatic carbocycles. The SMILES string of the molecule is CC(C(=O)NC(C)Cc1ccccc1Cl)=C1CNC1. The van der Waals surface area contributed by atoms with Gasteiger partial charge in [-0.15, -0.1) is 0 Å². The van der Waals surface area contributed by atoms with Crippen molar-refractivity contribution in [1.82, 2.24) is 10.6 Å². The van der Waals surface area contributed by atoms with Crippen LogP contribution in [-0.2, 0) is 11.2 Å². The molecule has 0 spiro atoms. The highest BCUT2D eigenvalue weighted by atomic mass is 35.5. The Hall–Kier alpha value is -1.32. The first-order valence-electron chi connectivity index (χ1n) is 6.51. The zero-order valence-electron chi connectivity index (χ0n) is 11.3. The first kappa shape index (κ1) is 14.1. The number of halogens is 1. The third-order valence-electron chi connectivity index (χ3n) is 3.41. The molecule has 1 saturated heterocycles. The summed E-state index contributed by atoms with van der Waals surface area (Å²) in [6.07, 6.45) is 0.742. The second-order valence-corrected chi connectivity index (χ2v) is 5.41. The van der Waals surface area contributed by atoms with Crippen molar-refractivity contribution in [2.24, 2.45) is 0 Å². The van der Waals surface area contributed by atoms with E-state index in [1.54, 1.807) is 0 Å². The van der Waals surface area contributed by atoms with Crippen molar-refractivity contribution in [2.45, 2.75) is 26.3 Å². The second kappa shape index (κ2) is 6.22. The molecule has 2 N–H and O–H groups in total. The van der Waals surface area contributed by atoms with Crippen LogP contribution in [0.5, 0.6) is 0 Å². The minimum atomic E-state index is 0.0241. The molecule has 1 fully saturated rings. The predicted octanol–water partition coefficient (Wildman–Crippen LogP) is 2.31. The molecule has 102 valence electrons. The maximum atomic E-state index is 12.0. The van der Waals surface area contributed by atoms with Crippen LogP contribution in [0, 0.1) is 0 Å². The van der Waals surface area contributed by atoms with Crippen LogP contribution in [0.15, 0.2) is 35.4 Å². The van der Waals surface area contributed by atoms with Crippen LogP contribution in [0.4, 0.5) is 0 Å². The molecule has 1 aliphatic heterocycles. The van der Waals surface area contributed by atoms with Crippen molar-refractivity contribution < 1.29 is 4.79 Å². The lowest BCUT2D eigenvalue weighted by Gasteiger charge is -2.22. The molecule has 1 heterocycles. The van der Waals surface area contributed by atoms with Gasteiger partial charge in [-0.05, 0) is 37.5 Å². The Balaban J connectivity index is 1.93. The standard InChI is InChI=1S/C15H19ClN2O/c1-10(7-12-5-3-4-6-14(12)16)18-15(19)11(2)13-8-17-9-13/h3-6,10,17H,7-9H2,1-2H3,(H,18,19). The summed E-state index contributed by atoms with van der Waals surface area (Å²) in [6.45, 7) is 5.54. The first-order valence-corrected chi connectivity index (χ1v) is 6.89. The number of hydrogen-bond donors (Lipinski definition) is 2. The molecule has 4 heteroatoms. The fourth-order valence-corrected chi connectivity index (χ4v) is 2.27. The summed E-state index contributed by atoms with van der Waals surface area (Å²) in [6, 6.07) is 7.80. The van der Waals surface area contributed by atoms with E-state index in [1.807, 2.05) is 38.1 Å². The van der Waals surface area contributed by atoms with E-state index < -0.39 is 0 Å². The van der Waals surface area contributed by atoms with Crippen molar-refractivity contribution in [3.05, 3.63) is 46.0 Å². The van der Waals surface area contributed by atoms with Gasteiger partial charge in [-0.25, -0.2) is 0 Å². The van der Waals surface area contributed by atoms with Crippen LogP contribution in [0.2, 0.25) is 5.02 Å². The Labute approximate surface area is 119 Å². The quantitative estimate of drug-likeness (QED) is 0.830. The van der Waals surface area contributed by atoms with Crippen molar-refractivity contribution in [3.63, 3.8) is 0 Å². The fraction of sp³-hybridized carbons (Fsp3) is 0.400. The summed E-state index contributed by atoms with van der Waals surface area (Å²) in [4.78, 5) is 12.0. The van der Waals surface area contributed by atoms with Gasteiger partial charge in [0.2, 0.25) is 5.91 Å². The third-order valence-corrected chi connectivity index (χ3v) is 3.78. The van der Waals surface area contributed by atoms with E-state index in [2.05, 4.69) is 10.6 Å². The first-order chi connectivity index (χ1) is 9.08. The van der Waals surface area contributed by atoms with E-state index >= 15 is 0 Å². The second-order valence-electron chi connectivity index (χ2n) is 5.00. The lowest BCUT2D eigenvalue weighted by atomic mass is 10.0. The molecule has 0 saturated carbocycles. The van der Waals surface area contributed by atoms with E-state index in [1.165, 1.54) is 5.57 Å². The highest BCUT2D eigenvalue weighted by Crippen LogP contribution is 2.17. The molecule has 1 aromatic rings. The molecular formula is C15H19ClN2O. The maximum Gasteiger partial charge on any atom is 0.247 e. The minimum absolute atomic E-state index is 0.0241. The van der Waals surface area contributed by atoms with Gasteiger partial charge in [-0.1, -0.05) is 29.8 Å². The zero-order chi connectivity index (χ0) is 13.8. The van der Waals surface area contributed by atoms with Gasteiger partial charge in [0.1, 0.15) is 0 Å². The molecule has 0 bridgehead atoms. The Kier molecular flexibility index (Phi) is 4.61. The number of carbonyl (C=O) groups is 1. The molecule has 1 aliphatic rings. The van der Waals surface area contributed by atoms with Crippen LogP contribution in [0.25, 0.3) is 0 Å². The Morgan fingerprint density at radius 2 is 2.11 bits per heavy atom. The largest absolute Gasteiger partial charge is 0.350 e. The summed E-state index contributed by atoms with van der Waals surface area (Å²) < 4.78 is 0. The van der Waals surface area contributed by atoms with E-state index in [0.717, 1.165) is 35.7 Å². The van der Waals surface area contributed by atoms with Crippen LogP contribution in [-0.4, -0.2) is 25.0 Å². The van der Waals surface area contributed by atoms with E-state index in [-0.39, 0.29) is 11.9 Å². The average molecular weight is 279 g/mol. The number of nitrogens with one attached hydrogen (secondary N) is 2. The number of benzene rings is 1. The van der Waals surface area contributed by atoms with Crippen molar-refractivity contribution in [2.75, 3.05) is 13.1 Å². The zero-order valence-corrected chi connectivity index (χ0v) is 12.1. The van der Waals surface area contributed by atoms with Gasteiger partial charge in [0.15, 0.2) is 0 Å². The Morgan fingerprint density at radius 1 is 1.42 bits per heavy atom. The highest BCUT2D eigenvalue weighted by Gasteiger charge is 2.17. The molecule has 1 aromatic carbocycles. The smallest absolute Gasteiger partial charge is 0.247 e. The van der Waals surface area contributed by atoms with E-state index in [9.17, 15) is 4.79 Å². The van der Waals surface area contributed by atoms with Gasteiger partial charge in [-0.2, -0.15) is 0 Å². The van der Waals surface area contributed by atoms with Crippen LogP contribution in [0.1, 0.15) is 19.4 Å². The van der Waals surface area contributed by atoms with Crippen molar-refractivity contribution >= 4 is 17.5 Å². The molecule has 1 atom stereocenters. The van der Waals surface area contributed by atoms with Gasteiger partial charge < -0.3 is 10.6 Å². The molecule has 0 aromatic heterocycles. The van der Waals surface area contributed by atoms with Gasteiger partial charge in [0, 0.05) is 29.7 Å². The van der Waals surface area contributed by atoms with Crippen LogP contribution in [0.3, 0.4) is 0 Å². The van der Waals surface area contributed by atoms with E-state index in [4.69, 9.17) is 11.6 Å². The lowest BCUT2D eigenvalue weighted by molar-refractivity contribution is -0.118. The Bertz CT molecular complexity index is 505. The summed E-state index contributed by atoms with van der Waals surface area (Å²) in [5.74, 6) is 0.0241. The summed E-state index contributed by atoms with van der Waals surface area (Å²) in [5.41, 5.74) is 3.10. The molecule has 3 nitrogen and oxygen atoms in total. The predicted molar refractivity (Wildman–Crippen MR) is 78.3 cm³/mol. The number of hydrogen-bond acceptors (Lipinski definition) is 2. The fourth-order valence-electron chi connectivity index (χ4n) is 2.05. The van der Waals surface area contributed by atoms with E-state index in [0.29, 0.717) is 0 Å². The normalized spacial score (nSPS) is 15.6. The molecule has 1 unspecified atom stereocenters. The number of carbonyl (C=O) groups excluding carboxylic acids is 1. The van der Waals surface area contributed by atoms with Gasteiger partial charge in [-0.3, -0.25) is 4.79 Å². The lowest BCUT2D eigenvalue weighted by Crippen LogP contribution is -2.40. The molecule has 1 amide bonds. The van der Waals surface area contributed by atoms with Gasteiger partial charge in [0.05, 0.1) is 0 Å². The van der Waals surface area contributed by atoms with Gasteiger partial charge >= 0.3 is 0 Å². The van der Waals surface area contributed by atoms with Gasteiger partial charge in [0.25, 0.3) is 0 Å². The topological polar surface area (TPSA) is 41.1 Å². The summed E-state index contributed by atoms with van der Waals surface area (Å²) >= 11 is 6.12. The summed E-state index contributed by atoms with van der Waals surface area (Å²) in [5, 5.41) is 6.92. The molecule has 0 radical (unpaired) electrons. The average Bonchev–Trinajstić information content (AvgIpc) is 2.29. The number of amides is 1. The molecule has 2 rings (SSSR count). The molecule has 19 heavy (non-hydrogen) atoms. The summed E-state index contributed by atoms with van der Waals surface area (Å²) in [7, 11) is 0.